The first kappa shape index (κ1) is 15.1. The molecule has 6 nitrogen and oxygen atoms in total. The van der Waals surface area contributed by atoms with Crippen molar-refractivity contribution in [3.63, 3.8) is 0 Å². The lowest BCUT2D eigenvalue weighted by atomic mass is 10.0. The highest BCUT2D eigenvalue weighted by atomic mass is 16.5. The van der Waals surface area contributed by atoms with Crippen molar-refractivity contribution in [2.45, 2.75) is 19.3 Å². The minimum absolute atomic E-state index is 0.106. The van der Waals surface area contributed by atoms with Crippen LogP contribution in [0.25, 0.3) is 12.2 Å². The lowest BCUT2D eigenvalue weighted by Crippen LogP contribution is -2.16. The van der Waals surface area contributed by atoms with Gasteiger partial charge in [-0.05, 0) is 19.3 Å². The van der Waals surface area contributed by atoms with E-state index in [9.17, 15) is 9.59 Å². The van der Waals surface area contributed by atoms with Crippen LogP contribution in [0.4, 0.5) is 0 Å². The Hall–Kier alpha value is -2.76. The highest BCUT2D eigenvalue weighted by Crippen LogP contribution is 2.33. The van der Waals surface area contributed by atoms with Crippen LogP contribution in [0.1, 0.15) is 51.4 Å². The Labute approximate surface area is 133 Å². The van der Waals surface area contributed by atoms with Crippen molar-refractivity contribution in [1.82, 2.24) is 10.2 Å². The molecule has 0 atom stereocenters. The van der Waals surface area contributed by atoms with Gasteiger partial charge in [-0.3, -0.25) is 0 Å². The molecule has 1 aromatic heterocycles. The summed E-state index contributed by atoms with van der Waals surface area (Å²) in [4.78, 5) is 24.0. The number of esters is 2. The summed E-state index contributed by atoms with van der Waals surface area (Å²) in [7, 11) is 2.58. The van der Waals surface area contributed by atoms with Gasteiger partial charge < -0.3 is 9.47 Å². The van der Waals surface area contributed by atoms with Crippen molar-refractivity contribution >= 4 is 24.1 Å². The Kier molecular flexibility index (Phi) is 4.06. The van der Waals surface area contributed by atoms with Crippen LogP contribution in [0.5, 0.6) is 0 Å². The number of aromatic nitrogens is 2. The molecular weight excluding hydrogens is 296 g/mol. The number of allylic oxidation sites excluding steroid dienone is 4. The van der Waals surface area contributed by atoms with Gasteiger partial charge in [-0.2, -0.15) is 0 Å². The first-order valence-electron chi connectivity index (χ1n) is 7.25. The third-order valence-electron chi connectivity index (χ3n) is 3.89. The van der Waals surface area contributed by atoms with Crippen molar-refractivity contribution in [2.75, 3.05) is 14.2 Å². The number of carbonyl (C=O) groups excluding carboxylic acids is 2. The average molecular weight is 312 g/mol. The molecule has 1 aromatic rings. The maximum atomic E-state index is 12.0. The largest absolute Gasteiger partial charge is 0.464 e. The molecule has 118 valence electrons. The number of fused-ring (bicyclic) bond motifs is 3. The smallest absolute Gasteiger partial charge is 0.359 e. The van der Waals surface area contributed by atoms with Crippen LogP contribution in [-0.4, -0.2) is 36.4 Å². The zero-order valence-corrected chi connectivity index (χ0v) is 13.0. The van der Waals surface area contributed by atoms with E-state index in [0.717, 1.165) is 30.4 Å². The summed E-state index contributed by atoms with van der Waals surface area (Å²) < 4.78 is 9.57. The van der Waals surface area contributed by atoms with Gasteiger partial charge in [0.25, 0.3) is 0 Å². The Morgan fingerprint density at radius 1 is 0.870 bits per heavy atom. The number of carbonyl (C=O) groups is 2. The molecule has 3 rings (SSSR count). The third kappa shape index (κ3) is 2.79. The van der Waals surface area contributed by atoms with Gasteiger partial charge in [0.15, 0.2) is 11.4 Å². The lowest BCUT2D eigenvalue weighted by molar-refractivity contribution is 0.0573. The van der Waals surface area contributed by atoms with Gasteiger partial charge >= 0.3 is 11.9 Å². The van der Waals surface area contributed by atoms with Crippen LogP contribution >= 0.6 is 0 Å². The van der Waals surface area contributed by atoms with E-state index >= 15 is 0 Å². The fourth-order valence-corrected chi connectivity index (χ4v) is 2.78. The van der Waals surface area contributed by atoms with Crippen molar-refractivity contribution in [2.24, 2.45) is 0 Å². The zero-order valence-electron chi connectivity index (χ0n) is 13.0. The molecule has 0 spiro atoms. The summed E-state index contributed by atoms with van der Waals surface area (Å²) in [6, 6.07) is 0. The van der Waals surface area contributed by atoms with Gasteiger partial charge in [0.1, 0.15) is 0 Å². The monoisotopic (exact) mass is 312 g/mol. The van der Waals surface area contributed by atoms with E-state index in [0.29, 0.717) is 11.1 Å². The summed E-state index contributed by atoms with van der Waals surface area (Å²) in [6.45, 7) is 0. The van der Waals surface area contributed by atoms with Gasteiger partial charge in [0.05, 0.1) is 14.2 Å². The standard InChI is InChI=1S/C17H16N2O4/c1-22-16(20)14-12-8-10-5-3-4-6-11(7-10)9-13(12)15(19-18-14)17(21)23-2/h3-4,8-9H,5-7H2,1-2H3. The maximum Gasteiger partial charge on any atom is 0.359 e. The number of rotatable bonds is 2. The molecule has 2 aliphatic rings. The SMILES string of the molecule is COC(=O)c1nnc(C(=O)OC)c2c1C=C1CC=CCC(=C2)C1. The molecule has 0 amide bonds. The molecule has 0 aliphatic heterocycles. The first-order chi connectivity index (χ1) is 11.1. The fraction of sp³-hybridized carbons (Fsp3) is 0.294. The van der Waals surface area contributed by atoms with Gasteiger partial charge in [0.2, 0.25) is 0 Å². The summed E-state index contributed by atoms with van der Waals surface area (Å²) in [5, 5.41) is 7.79. The maximum absolute atomic E-state index is 12.0. The Balaban J connectivity index is 2.29. The van der Waals surface area contributed by atoms with Crippen LogP contribution < -0.4 is 0 Å². The van der Waals surface area contributed by atoms with Gasteiger partial charge in [-0.25, -0.2) is 9.59 Å². The number of ether oxygens (including phenoxy) is 2. The molecule has 1 heterocycles. The van der Waals surface area contributed by atoms with E-state index in [4.69, 9.17) is 9.47 Å². The van der Waals surface area contributed by atoms with Gasteiger partial charge in [-0.15, -0.1) is 10.2 Å². The molecule has 2 aliphatic carbocycles. The second-order valence-electron chi connectivity index (χ2n) is 5.37. The number of methoxy groups -OCH3 is 2. The zero-order chi connectivity index (χ0) is 16.4. The van der Waals surface area contributed by atoms with Crippen LogP contribution in [0.2, 0.25) is 0 Å². The summed E-state index contributed by atoms with van der Waals surface area (Å²) >= 11 is 0. The van der Waals surface area contributed by atoms with Crippen molar-refractivity contribution in [3.05, 3.63) is 45.8 Å². The van der Waals surface area contributed by atoms with Crippen molar-refractivity contribution < 1.29 is 19.1 Å². The predicted molar refractivity (Wildman–Crippen MR) is 83.7 cm³/mol. The topological polar surface area (TPSA) is 78.4 Å². The van der Waals surface area contributed by atoms with E-state index < -0.39 is 11.9 Å². The lowest BCUT2D eigenvalue weighted by Gasteiger charge is -2.10. The van der Waals surface area contributed by atoms with Gasteiger partial charge in [-0.1, -0.05) is 35.5 Å². The second kappa shape index (κ2) is 6.16. The minimum atomic E-state index is -0.579. The highest BCUT2D eigenvalue weighted by molar-refractivity contribution is 5.99. The Morgan fingerprint density at radius 3 is 1.70 bits per heavy atom. The number of hydrogen-bond acceptors (Lipinski definition) is 6. The van der Waals surface area contributed by atoms with Crippen LogP contribution in [0.15, 0.2) is 23.3 Å². The van der Waals surface area contributed by atoms with E-state index in [2.05, 4.69) is 22.3 Å². The fourth-order valence-electron chi connectivity index (χ4n) is 2.78. The number of nitrogens with zero attached hydrogens (tertiary/aromatic N) is 2. The van der Waals surface area contributed by atoms with Crippen molar-refractivity contribution in [1.29, 1.82) is 0 Å². The average Bonchev–Trinajstić information content (AvgIpc) is 2.90. The third-order valence-corrected chi connectivity index (χ3v) is 3.89. The summed E-state index contributed by atoms with van der Waals surface area (Å²) in [5.74, 6) is -1.16. The Morgan fingerprint density at radius 2 is 1.30 bits per heavy atom. The van der Waals surface area contributed by atoms with E-state index in [1.54, 1.807) is 0 Å². The summed E-state index contributed by atoms with van der Waals surface area (Å²) in [5.41, 5.74) is 3.64. The number of hydrogen-bond donors (Lipinski definition) is 0. The molecule has 0 radical (unpaired) electrons. The van der Waals surface area contributed by atoms with Crippen LogP contribution in [0, 0.1) is 0 Å². The normalized spacial score (nSPS) is 15.6. The van der Waals surface area contributed by atoms with E-state index in [-0.39, 0.29) is 11.4 Å². The Bertz CT molecular complexity index is 712. The molecule has 0 saturated carbocycles. The predicted octanol–water partition coefficient (Wildman–Crippen LogP) is 2.57. The van der Waals surface area contributed by atoms with Crippen molar-refractivity contribution in [3.8, 4) is 0 Å². The van der Waals surface area contributed by atoms with Gasteiger partial charge in [0, 0.05) is 11.1 Å². The van der Waals surface area contributed by atoms with E-state index in [1.807, 2.05) is 12.2 Å². The second-order valence-corrected chi connectivity index (χ2v) is 5.37. The molecule has 0 unspecified atom stereocenters. The molecule has 0 fully saturated rings. The molecular formula is C17H16N2O4. The van der Waals surface area contributed by atoms with Crippen LogP contribution in [0.3, 0.4) is 0 Å². The minimum Gasteiger partial charge on any atom is -0.464 e. The summed E-state index contributed by atoms with van der Waals surface area (Å²) in [6.07, 6.45) is 10.4. The quantitative estimate of drug-likeness (QED) is 0.617. The molecule has 23 heavy (non-hydrogen) atoms. The van der Waals surface area contributed by atoms with E-state index in [1.165, 1.54) is 14.2 Å². The molecule has 0 N–H and O–H groups in total. The molecule has 6 heteroatoms. The molecule has 0 saturated heterocycles. The highest BCUT2D eigenvalue weighted by Gasteiger charge is 2.26. The first-order valence-corrected chi connectivity index (χ1v) is 7.25. The molecule has 0 aromatic carbocycles. The van der Waals surface area contributed by atoms with Crippen LogP contribution in [-0.2, 0) is 9.47 Å². The molecule has 2 bridgehead atoms.